The summed E-state index contributed by atoms with van der Waals surface area (Å²) in [6.07, 6.45) is -2.36. The fourth-order valence-electron chi connectivity index (χ4n) is 0.813. The van der Waals surface area contributed by atoms with Crippen LogP contribution in [-0.2, 0) is 4.79 Å². The number of hydrogen-bond acceptors (Lipinski definition) is 5. The van der Waals surface area contributed by atoms with Crippen molar-refractivity contribution in [2.45, 2.75) is 12.2 Å². The summed E-state index contributed by atoms with van der Waals surface area (Å²) in [6.45, 7) is 0. The van der Waals surface area contributed by atoms with Crippen LogP contribution >= 0.6 is 0 Å². The molecule has 6 nitrogen and oxygen atoms in total. The van der Waals surface area contributed by atoms with E-state index in [0.29, 0.717) is 0 Å². The van der Waals surface area contributed by atoms with Gasteiger partial charge in [-0.25, -0.2) is 9.97 Å². The number of aliphatic hydroxyl groups is 2. The molecule has 1 aromatic rings. The number of nitrogens with zero attached hydrogens (tertiary/aromatic N) is 2. The first-order chi connectivity index (χ1) is 6.52. The number of hydrogen-bond donors (Lipinski definition) is 3. The molecule has 0 bridgehead atoms. The van der Waals surface area contributed by atoms with Gasteiger partial charge in [-0.15, -0.1) is 0 Å². The highest BCUT2D eigenvalue weighted by atomic mass is 19.1. The Morgan fingerprint density at radius 2 is 1.93 bits per heavy atom. The predicted octanol–water partition coefficient (Wildman–Crippen LogP) is -1.50. The van der Waals surface area contributed by atoms with Crippen LogP contribution in [0.2, 0.25) is 0 Å². The van der Waals surface area contributed by atoms with Gasteiger partial charge in [-0.05, 0) is 0 Å². The van der Waals surface area contributed by atoms with E-state index < -0.39 is 24.2 Å². The molecule has 0 aromatic carbocycles. The van der Waals surface area contributed by atoms with Gasteiger partial charge in [0.2, 0.25) is 5.91 Å². The number of halogens is 1. The minimum atomic E-state index is -1.76. The van der Waals surface area contributed by atoms with E-state index in [1.54, 1.807) is 0 Å². The fourth-order valence-corrected chi connectivity index (χ4v) is 0.813. The SMILES string of the molecule is NC(=O)C(O)C(O)c1cnc(F)nc1. The Labute approximate surface area is 78.2 Å². The van der Waals surface area contributed by atoms with Crippen LogP contribution < -0.4 is 5.73 Å². The van der Waals surface area contributed by atoms with E-state index in [2.05, 4.69) is 9.97 Å². The van der Waals surface area contributed by atoms with E-state index >= 15 is 0 Å². The van der Waals surface area contributed by atoms with Crippen molar-refractivity contribution >= 4 is 5.91 Å². The van der Waals surface area contributed by atoms with Crippen LogP contribution in [0.1, 0.15) is 11.7 Å². The Morgan fingerprint density at radius 3 is 2.36 bits per heavy atom. The summed E-state index contributed by atoms with van der Waals surface area (Å²) in [4.78, 5) is 16.8. The van der Waals surface area contributed by atoms with Crippen molar-refractivity contribution in [1.82, 2.24) is 9.97 Å². The average molecular weight is 201 g/mol. The third-order valence-electron chi connectivity index (χ3n) is 1.57. The zero-order chi connectivity index (χ0) is 10.7. The number of aromatic nitrogens is 2. The summed E-state index contributed by atoms with van der Waals surface area (Å²) in [5, 5.41) is 18.3. The van der Waals surface area contributed by atoms with Gasteiger partial charge in [-0.3, -0.25) is 4.79 Å². The van der Waals surface area contributed by atoms with Crippen molar-refractivity contribution in [2.75, 3.05) is 0 Å². The fraction of sp³-hybridized carbons (Fsp3) is 0.286. The second-order valence-electron chi connectivity index (χ2n) is 2.58. The van der Waals surface area contributed by atoms with E-state index in [0.717, 1.165) is 12.4 Å². The lowest BCUT2D eigenvalue weighted by Gasteiger charge is -2.13. The van der Waals surface area contributed by atoms with Gasteiger partial charge in [0.05, 0.1) is 0 Å². The van der Waals surface area contributed by atoms with Crippen LogP contribution in [0.4, 0.5) is 4.39 Å². The van der Waals surface area contributed by atoms with Gasteiger partial charge < -0.3 is 15.9 Å². The highest BCUT2D eigenvalue weighted by Crippen LogP contribution is 2.14. The molecule has 0 spiro atoms. The Kier molecular flexibility index (Phi) is 3.05. The van der Waals surface area contributed by atoms with Crippen molar-refractivity contribution in [3.63, 3.8) is 0 Å². The highest BCUT2D eigenvalue weighted by Gasteiger charge is 2.23. The minimum Gasteiger partial charge on any atom is -0.385 e. The first-order valence-electron chi connectivity index (χ1n) is 3.65. The van der Waals surface area contributed by atoms with Gasteiger partial charge in [0.1, 0.15) is 6.10 Å². The molecule has 0 saturated carbocycles. The van der Waals surface area contributed by atoms with Gasteiger partial charge in [-0.2, -0.15) is 4.39 Å². The number of rotatable bonds is 3. The van der Waals surface area contributed by atoms with Gasteiger partial charge in [0.25, 0.3) is 0 Å². The number of nitrogens with two attached hydrogens (primary N) is 1. The van der Waals surface area contributed by atoms with E-state index in [9.17, 15) is 14.3 Å². The van der Waals surface area contributed by atoms with Gasteiger partial charge in [0, 0.05) is 18.0 Å². The van der Waals surface area contributed by atoms with E-state index in [1.165, 1.54) is 0 Å². The maximum atomic E-state index is 12.3. The van der Waals surface area contributed by atoms with Gasteiger partial charge >= 0.3 is 6.08 Å². The maximum absolute atomic E-state index is 12.3. The summed E-state index contributed by atoms with van der Waals surface area (Å²) in [5.74, 6) is -1.08. The Hall–Kier alpha value is -1.60. The van der Waals surface area contributed by atoms with E-state index in [-0.39, 0.29) is 5.56 Å². The molecule has 1 heterocycles. The Balaban J connectivity index is 2.84. The summed E-state index contributed by atoms with van der Waals surface area (Å²) < 4.78 is 12.3. The van der Waals surface area contributed by atoms with E-state index in [4.69, 9.17) is 10.8 Å². The van der Waals surface area contributed by atoms with Crippen LogP contribution in [0.15, 0.2) is 12.4 Å². The molecular formula is C7H8FN3O3. The van der Waals surface area contributed by atoms with Crippen molar-refractivity contribution in [3.05, 3.63) is 24.0 Å². The zero-order valence-corrected chi connectivity index (χ0v) is 6.96. The second-order valence-corrected chi connectivity index (χ2v) is 2.58. The number of amides is 1. The molecule has 4 N–H and O–H groups in total. The monoisotopic (exact) mass is 201 g/mol. The lowest BCUT2D eigenvalue weighted by Crippen LogP contribution is -2.34. The van der Waals surface area contributed by atoms with Crippen LogP contribution in [0, 0.1) is 6.08 Å². The van der Waals surface area contributed by atoms with Crippen LogP contribution in [0.5, 0.6) is 0 Å². The largest absolute Gasteiger partial charge is 0.385 e. The number of primary amides is 1. The summed E-state index contributed by atoms with van der Waals surface area (Å²) in [6, 6.07) is 0. The molecule has 1 aromatic heterocycles. The quantitative estimate of drug-likeness (QED) is 0.515. The Bertz CT molecular complexity index is 329. The molecule has 2 atom stereocenters. The second kappa shape index (κ2) is 4.07. The van der Waals surface area contributed by atoms with Crippen LogP contribution in [0.25, 0.3) is 0 Å². The van der Waals surface area contributed by atoms with Gasteiger partial charge in [-0.1, -0.05) is 0 Å². The van der Waals surface area contributed by atoms with Crippen molar-refractivity contribution in [2.24, 2.45) is 5.73 Å². The highest BCUT2D eigenvalue weighted by molar-refractivity contribution is 5.79. The first kappa shape index (κ1) is 10.5. The molecule has 2 unspecified atom stereocenters. The molecule has 0 saturated heterocycles. The smallest absolute Gasteiger partial charge is 0.308 e. The van der Waals surface area contributed by atoms with Gasteiger partial charge in [0.15, 0.2) is 6.10 Å². The molecule has 14 heavy (non-hydrogen) atoms. The summed E-state index contributed by atoms with van der Waals surface area (Å²) in [7, 11) is 0. The van der Waals surface area contributed by atoms with Crippen molar-refractivity contribution in [1.29, 1.82) is 0 Å². The van der Waals surface area contributed by atoms with Crippen LogP contribution in [-0.4, -0.2) is 32.2 Å². The lowest BCUT2D eigenvalue weighted by atomic mass is 10.1. The molecular weight excluding hydrogens is 193 g/mol. The van der Waals surface area contributed by atoms with Crippen molar-refractivity contribution in [3.8, 4) is 0 Å². The molecule has 1 amide bonds. The standard InChI is InChI=1S/C7H8FN3O3/c8-7-10-1-3(2-11-7)4(12)5(13)6(9)14/h1-2,4-5,12-13H,(H2,9,14). The third-order valence-corrected chi connectivity index (χ3v) is 1.57. The molecule has 0 radical (unpaired) electrons. The lowest BCUT2D eigenvalue weighted by molar-refractivity contribution is -0.132. The average Bonchev–Trinajstić information content (AvgIpc) is 2.16. The zero-order valence-electron chi connectivity index (χ0n) is 6.96. The maximum Gasteiger partial charge on any atom is 0.308 e. The van der Waals surface area contributed by atoms with Crippen LogP contribution in [0.3, 0.4) is 0 Å². The molecule has 0 aliphatic rings. The Morgan fingerprint density at radius 1 is 1.43 bits per heavy atom. The molecule has 0 fully saturated rings. The molecule has 0 aliphatic carbocycles. The molecule has 7 heteroatoms. The number of carbonyl (C=O) groups excluding carboxylic acids is 1. The first-order valence-corrected chi connectivity index (χ1v) is 3.65. The number of carbonyl (C=O) groups is 1. The van der Waals surface area contributed by atoms with E-state index in [1.807, 2.05) is 0 Å². The summed E-state index contributed by atoms with van der Waals surface area (Å²) >= 11 is 0. The normalized spacial score (nSPS) is 14.8. The molecule has 76 valence electrons. The topological polar surface area (TPSA) is 109 Å². The molecule has 1 rings (SSSR count). The minimum absolute atomic E-state index is 0.0118. The van der Waals surface area contributed by atoms with Crippen molar-refractivity contribution < 1.29 is 19.4 Å². The molecule has 0 aliphatic heterocycles. The predicted molar refractivity (Wildman–Crippen MR) is 42.2 cm³/mol. The summed E-state index contributed by atoms with van der Waals surface area (Å²) in [5.41, 5.74) is 4.75. The third kappa shape index (κ3) is 2.21. The number of aliphatic hydroxyl groups excluding tert-OH is 2.